The van der Waals surface area contributed by atoms with Gasteiger partial charge in [0.05, 0.1) is 38.0 Å². The van der Waals surface area contributed by atoms with Gasteiger partial charge in [-0.3, -0.25) is 0 Å². The third-order valence-corrected chi connectivity index (χ3v) is 5.06. The average molecular weight is 360 g/mol. The van der Waals surface area contributed by atoms with Crippen LogP contribution in [0.2, 0.25) is 0 Å². The molecular formula is C17H20N4O3S. The molecule has 8 heteroatoms. The molecular weight excluding hydrogens is 340 g/mol. The molecule has 1 aromatic carbocycles. The summed E-state index contributed by atoms with van der Waals surface area (Å²) in [5.74, 6) is -0.970. The van der Waals surface area contributed by atoms with E-state index in [2.05, 4.69) is 6.07 Å². The van der Waals surface area contributed by atoms with Gasteiger partial charge in [-0.2, -0.15) is 15.8 Å². The van der Waals surface area contributed by atoms with E-state index >= 15 is 0 Å². The molecule has 7 nitrogen and oxygen atoms in total. The minimum Gasteiger partial charge on any atom is -0.396 e. The van der Waals surface area contributed by atoms with E-state index in [0.29, 0.717) is 18.7 Å². The van der Waals surface area contributed by atoms with Gasteiger partial charge in [0.15, 0.2) is 10.7 Å². The van der Waals surface area contributed by atoms with Crippen molar-refractivity contribution in [3.8, 4) is 18.2 Å². The molecule has 0 amide bonds. The van der Waals surface area contributed by atoms with E-state index in [1.54, 1.807) is 29.2 Å². The van der Waals surface area contributed by atoms with Gasteiger partial charge in [0.25, 0.3) is 0 Å². The van der Waals surface area contributed by atoms with Gasteiger partial charge in [0.2, 0.25) is 0 Å². The highest BCUT2D eigenvalue weighted by Gasteiger charge is 2.42. The summed E-state index contributed by atoms with van der Waals surface area (Å²) in [6.45, 7) is 0.391. The Hall–Kier alpha value is -2.28. The molecule has 0 aliphatic rings. The summed E-state index contributed by atoms with van der Waals surface area (Å²) < 4.78 is -1.40. The highest BCUT2D eigenvalue weighted by atomic mass is 32.2. The van der Waals surface area contributed by atoms with E-state index in [4.69, 9.17) is 15.3 Å². The van der Waals surface area contributed by atoms with Crippen molar-refractivity contribution in [1.82, 2.24) is 0 Å². The molecule has 0 fully saturated rings. The third kappa shape index (κ3) is 4.85. The van der Waals surface area contributed by atoms with Crippen LogP contribution >= 0.6 is 11.8 Å². The summed E-state index contributed by atoms with van der Waals surface area (Å²) in [6.07, 6.45) is 0. The summed E-state index contributed by atoms with van der Waals surface area (Å²) in [5, 5.41) is 55.6. The van der Waals surface area contributed by atoms with Gasteiger partial charge in [-0.05, 0) is 17.7 Å². The maximum atomic E-state index is 9.70. The van der Waals surface area contributed by atoms with Gasteiger partial charge >= 0.3 is 0 Å². The molecule has 0 saturated heterocycles. The van der Waals surface area contributed by atoms with Crippen molar-refractivity contribution in [3.05, 3.63) is 29.8 Å². The number of nitriles is 3. The van der Waals surface area contributed by atoms with E-state index < -0.39 is 10.7 Å². The summed E-state index contributed by atoms with van der Waals surface area (Å²) in [5.41, 5.74) is 1.24. The Bertz CT molecular complexity index is 642. The Kier molecular flexibility index (Phi) is 8.77. The van der Waals surface area contributed by atoms with Crippen LogP contribution in [0.1, 0.15) is 5.56 Å². The fourth-order valence-corrected chi connectivity index (χ4v) is 3.50. The lowest BCUT2D eigenvalue weighted by Crippen LogP contribution is -2.31. The highest BCUT2D eigenvalue weighted by molar-refractivity contribution is 8.00. The third-order valence-electron chi connectivity index (χ3n) is 3.65. The van der Waals surface area contributed by atoms with E-state index in [9.17, 15) is 15.8 Å². The molecule has 0 spiro atoms. The van der Waals surface area contributed by atoms with Gasteiger partial charge in [-0.25, -0.2) is 0 Å². The van der Waals surface area contributed by atoms with Crippen LogP contribution in [0.5, 0.6) is 0 Å². The number of rotatable bonds is 10. The lowest BCUT2D eigenvalue weighted by atomic mass is 9.87. The quantitative estimate of drug-likeness (QED) is 0.551. The fraction of sp³-hybridized carbons (Fsp3) is 0.471. The van der Waals surface area contributed by atoms with Gasteiger partial charge in [-0.1, -0.05) is 12.1 Å². The Balaban J connectivity index is 3.26. The summed E-state index contributed by atoms with van der Waals surface area (Å²) >= 11 is 1.06. The van der Waals surface area contributed by atoms with Crippen molar-refractivity contribution < 1.29 is 15.3 Å². The first-order valence-electron chi connectivity index (χ1n) is 7.66. The average Bonchev–Trinajstić information content (AvgIpc) is 2.65. The van der Waals surface area contributed by atoms with Crippen molar-refractivity contribution in [2.24, 2.45) is 5.92 Å². The predicted octanol–water partition coefficient (Wildman–Crippen LogP) is 0.585. The molecule has 1 rings (SSSR count). The molecule has 0 radical (unpaired) electrons. The second-order valence-electron chi connectivity index (χ2n) is 5.09. The molecule has 0 aliphatic carbocycles. The van der Waals surface area contributed by atoms with Gasteiger partial charge in [0, 0.05) is 24.5 Å². The summed E-state index contributed by atoms with van der Waals surface area (Å²) in [7, 11) is 0. The van der Waals surface area contributed by atoms with Crippen molar-refractivity contribution in [3.63, 3.8) is 0 Å². The molecule has 132 valence electrons. The lowest BCUT2D eigenvalue weighted by Gasteiger charge is -2.28. The molecule has 0 heterocycles. The number of nitrogens with zero attached hydrogens (tertiary/aromatic N) is 4. The summed E-state index contributed by atoms with van der Waals surface area (Å²) in [4.78, 5) is 1.78. The van der Waals surface area contributed by atoms with Crippen molar-refractivity contribution >= 4 is 17.4 Å². The SMILES string of the molecule is N#CC(C#N)C(C#N)(SCCO)c1ccc(N(CCO)CCO)cc1. The maximum absolute atomic E-state index is 9.70. The van der Waals surface area contributed by atoms with Gasteiger partial charge < -0.3 is 20.2 Å². The van der Waals surface area contributed by atoms with E-state index in [1.807, 2.05) is 12.1 Å². The zero-order valence-corrected chi connectivity index (χ0v) is 14.5. The van der Waals surface area contributed by atoms with Crippen LogP contribution in [0.4, 0.5) is 5.69 Å². The molecule has 0 saturated carbocycles. The Morgan fingerprint density at radius 2 is 1.52 bits per heavy atom. The van der Waals surface area contributed by atoms with Gasteiger partial charge in [-0.15, -0.1) is 11.8 Å². The first-order chi connectivity index (χ1) is 12.1. The normalized spacial score (nSPS) is 12.7. The first-order valence-corrected chi connectivity index (χ1v) is 8.64. The number of hydrogen-bond donors (Lipinski definition) is 3. The number of aliphatic hydroxyl groups excluding tert-OH is 3. The molecule has 1 atom stereocenters. The molecule has 1 unspecified atom stereocenters. The Labute approximate surface area is 151 Å². The van der Waals surface area contributed by atoms with Crippen LogP contribution in [0.25, 0.3) is 0 Å². The minimum absolute atomic E-state index is 0.0683. The molecule has 0 bridgehead atoms. The van der Waals surface area contributed by atoms with Crippen LogP contribution in [0.15, 0.2) is 24.3 Å². The smallest absolute Gasteiger partial charge is 0.165 e. The zero-order chi connectivity index (χ0) is 18.7. The van der Waals surface area contributed by atoms with Crippen LogP contribution in [0.3, 0.4) is 0 Å². The maximum Gasteiger partial charge on any atom is 0.165 e. The minimum atomic E-state index is -1.40. The number of anilines is 1. The Morgan fingerprint density at radius 1 is 0.960 bits per heavy atom. The van der Waals surface area contributed by atoms with Gasteiger partial charge in [0.1, 0.15) is 0 Å². The number of thioether (sulfide) groups is 1. The van der Waals surface area contributed by atoms with Crippen molar-refractivity contribution in [2.45, 2.75) is 4.75 Å². The molecule has 0 aliphatic heterocycles. The number of benzene rings is 1. The largest absolute Gasteiger partial charge is 0.396 e. The van der Waals surface area contributed by atoms with Crippen LogP contribution in [-0.4, -0.2) is 54.0 Å². The van der Waals surface area contributed by atoms with E-state index in [1.165, 1.54) is 0 Å². The van der Waals surface area contributed by atoms with Crippen LogP contribution < -0.4 is 4.90 Å². The predicted molar refractivity (Wildman–Crippen MR) is 94.4 cm³/mol. The summed E-state index contributed by atoms with van der Waals surface area (Å²) in [6, 6.07) is 12.6. The molecule has 25 heavy (non-hydrogen) atoms. The first kappa shape index (κ1) is 20.8. The second-order valence-corrected chi connectivity index (χ2v) is 6.43. The highest BCUT2D eigenvalue weighted by Crippen LogP contribution is 2.42. The number of hydrogen-bond acceptors (Lipinski definition) is 8. The van der Waals surface area contributed by atoms with Crippen molar-refractivity contribution in [2.75, 3.05) is 43.6 Å². The van der Waals surface area contributed by atoms with Crippen LogP contribution in [-0.2, 0) is 4.75 Å². The lowest BCUT2D eigenvalue weighted by molar-refractivity contribution is 0.281. The van der Waals surface area contributed by atoms with Crippen LogP contribution in [0, 0.1) is 39.9 Å². The topological polar surface area (TPSA) is 135 Å². The van der Waals surface area contributed by atoms with Crippen molar-refractivity contribution in [1.29, 1.82) is 15.8 Å². The number of aliphatic hydroxyl groups is 3. The molecule has 0 aromatic heterocycles. The molecule has 1 aromatic rings. The fourth-order valence-electron chi connectivity index (χ4n) is 2.44. The monoisotopic (exact) mass is 360 g/mol. The van der Waals surface area contributed by atoms with E-state index in [-0.39, 0.29) is 25.6 Å². The standard InChI is InChI=1S/C17H20N4O3S/c18-11-15(12-19)17(13-20,25-10-9-24)14-1-3-16(4-2-14)21(5-7-22)6-8-23/h1-4,15,22-24H,5-10H2. The molecule has 3 N–H and O–H groups in total. The Morgan fingerprint density at radius 3 is 1.92 bits per heavy atom. The van der Waals surface area contributed by atoms with E-state index in [0.717, 1.165) is 17.4 Å². The zero-order valence-electron chi connectivity index (χ0n) is 13.7. The second kappa shape index (κ2) is 10.6.